The van der Waals surface area contributed by atoms with Gasteiger partial charge < -0.3 is 0 Å². The van der Waals surface area contributed by atoms with Gasteiger partial charge >= 0.3 is 0 Å². The number of benzene rings is 1. The Labute approximate surface area is 126 Å². The van der Waals surface area contributed by atoms with Gasteiger partial charge in [-0.2, -0.15) is 8.75 Å². The average Bonchev–Trinajstić information content (AvgIpc) is 2.89. The quantitative estimate of drug-likeness (QED) is 0.877. The number of rotatable bonds is 3. The van der Waals surface area contributed by atoms with E-state index in [4.69, 9.17) is 11.6 Å². The Kier molecular flexibility index (Phi) is 3.94. The topological polar surface area (TPSA) is 72.0 Å². The molecule has 1 heterocycles. The van der Waals surface area contributed by atoms with E-state index in [1.165, 1.54) is 0 Å². The highest BCUT2D eigenvalue weighted by atomic mass is 35.5. The molecule has 20 heavy (non-hydrogen) atoms. The maximum absolute atomic E-state index is 12.5. The average molecular weight is 332 g/mol. The maximum atomic E-state index is 12.5. The van der Waals surface area contributed by atoms with Gasteiger partial charge in [-0.25, -0.2) is 13.1 Å². The van der Waals surface area contributed by atoms with Crippen molar-refractivity contribution in [2.45, 2.75) is 42.0 Å². The van der Waals surface area contributed by atoms with E-state index in [0.29, 0.717) is 11.0 Å². The van der Waals surface area contributed by atoms with Crippen LogP contribution in [0.1, 0.15) is 25.7 Å². The second-order valence-corrected chi connectivity index (χ2v) is 7.69. The summed E-state index contributed by atoms with van der Waals surface area (Å²) >= 11 is 7.23. The molecule has 0 amide bonds. The first-order valence-corrected chi connectivity index (χ1v) is 9.10. The summed E-state index contributed by atoms with van der Waals surface area (Å²) < 4.78 is 35.9. The van der Waals surface area contributed by atoms with E-state index in [-0.39, 0.29) is 16.3 Å². The van der Waals surface area contributed by atoms with Crippen molar-refractivity contribution in [2.75, 3.05) is 0 Å². The number of hydrogen-bond donors (Lipinski definition) is 1. The molecule has 3 rings (SSSR count). The second kappa shape index (κ2) is 5.55. The minimum absolute atomic E-state index is 0.147. The Morgan fingerprint density at radius 3 is 2.85 bits per heavy atom. The van der Waals surface area contributed by atoms with E-state index in [0.717, 1.165) is 37.4 Å². The lowest BCUT2D eigenvalue weighted by atomic mass is 9.96. The molecule has 1 aliphatic rings. The van der Waals surface area contributed by atoms with Crippen LogP contribution in [0.3, 0.4) is 0 Å². The first-order valence-electron chi connectivity index (χ1n) is 6.45. The van der Waals surface area contributed by atoms with Gasteiger partial charge in [-0.3, -0.25) is 0 Å². The van der Waals surface area contributed by atoms with Crippen molar-refractivity contribution in [3.63, 3.8) is 0 Å². The third kappa shape index (κ3) is 2.67. The summed E-state index contributed by atoms with van der Waals surface area (Å²) in [5.41, 5.74) is 1.02. The van der Waals surface area contributed by atoms with E-state index in [2.05, 4.69) is 13.5 Å². The predicted octanol–water partition coefficient (Wildman–Crippen LogP) is 2.52. The molecule has 1 aromatic heterocycles. The lowest BCUT2D eigenvalue weighted by molar-refractivity contribution is 0.418. The summed E-state index contributed by atoms with van der Waals surface area (Å²) in [5, 5.41) is -0.147. The third-order valence-corrected chi connectivity index (χ3v) is 6.11. The lowest BCUT2D eigenvalue weighted by Crippen LogP contribution is -2.42. The van der Waals surface area contributed by atoms with Crippen molar-refractivity contribution in [1.29, 1.82) is 0 Å². The van der Waals surface area contributed by atoms with Gasteiger partial charge in [0.15, 0.2) is 0 Å². The first kappa shape index (κ1) is 14.2. The Bertz CT molecular complexity index is 716. The van der Waals surface area contributed by atoms with Crippen LogP contribution in [0.25, 0.3) is 11.0 Å². The zero-order valence-electron chi connectivity index (χ0n) is 10.6. The number of nitrogens with zero attached hydrogens (tertiary/aromatic N) is 2. The Morgan fingerprint density at radius 1 is 1.25 bits per heavy atom. The zero-order valence-corrected chi connectivity index (χ0v) is 13.0. The normalized spacial score (nSPS) is 24.1. The van der Waals surface area contributed by atoms with Crippen molar-refractivity contribution in [2.24, 2.45) is 0 Å². The molecule has 2 atom stereocenters. The Balaban J connectivity index is 1.93. The van der Waals surface area contributed by atoms with Gasteiger partial charge in [0.05, 0.1) is 11.7 Å². The van der Waals surface area contributed by atoms with Gasteiger partial charge in [0.25, 0.3) is 0 Å². The van der Waals surface area contributed by atoms with Crippen molar-refractivity contribution in [1.82, 2.24) is 13.5 Å². The molecule has 0 radical (unpaired) electrons. The van der Waals surface area contributed by atoms with Gasteiger partial charge in [-0.15, -0.1) is 11.6 Å². The summed E-state index contributed by atoms with van der Waals surface area (Å²) in [6, 6.07) is 4.77. The molecular formula is C12H14ClN3O2S2. The Morgan fingerprint density at radius 2 is 2.05 bits per heavy atom. The van der Waals surface area contributed by atoms with Crippen molar-refractivity contribution in [3.8, 4) is 0 Å². The van der Waals surface area contributed by atoms with Crippen LogP contribution in [-0.2, 0) is 10.0 Å². The molecule has 5 nitrogen and oxygen atoms in total. The molecule has 0 spiro atoms. The van der Waals surface area contributed by atoms with Crippen LogP contribution in [-0.4, -0.2) is 28.6 Å². The molecule has 1 saturated carbocycles. The summed E-state index contributed by atoms with van der Waals surface area (Å²) in [5.74, 6) is 0. The van der Waals surface area contributed by atoms with Crippen LogP contribution < -0.4 is 4.72 Å². The van der Waals surface area contributed by atoms with E-state index >= 15 is 0 Å². The summed E-state index contributed by atoms with van der Waals surface area (Å²) in [6.07, 6.45) is 3.67. The third-order valence-electron chi connectivity index (χ3n) is 3.53. The summed E-state index contributed by atoms with van der Waals surface area (Å²) in [6.45, 7) is 0. The molecule has 1 N–H and O–H groups in total. The number of aromatic nitrogens is 2. The zero-order chi connectivity index (χ0) is 14.2. The SMILES string of the molecule is O=S(=O)(NC1CCCCC1Cl)c1cccc2nsnc12. The van der Waals surface area contributed by atoms with Crippen LogP contribution in [0.4, 0.5) is 0 Å². The smallest absolute Gasteiger partial charge is 0.207 e. The van der Waals surface area contributed by atoms with Crippen LogP contribution >= 0.6 is 23.3 Å². The second-order valence-electron chi connectivity index (χ2n) is 4.92. The molecular weight excluding hydrogens is 318 g/mol. The van der Waals surface area contributed by atoms with E-state index < -0.39 is 10.0 Å². The van der Waals surface area contributed by atoms with Crippen LogP contribution in [0.2, 0.25) is 0 Å². The molecule has 0 saturated heterocycles. The molecule has 1 aliphatic carbocycles. The largest absolute Gasteiger partial charge is 0.243 e. The minimum Gasteiger partial charge on any atom is -0.207 e. The molecule has 0 aliphatic heterocycles. The highest BCUT2D eigenvalue weighted by Crippen LogP contribution is 2.26. The molecule has 2 aromatic rings. The van der Waals surface area contributed by atoms with Crippen LogP contribution in [0.5, 0.6) is 0 Å². The summed E-state index contributed by atoms with van der Waals surface area (Å²) in [4.78, 5) is 0.179. The number of halogens is 1. The highest BCUT2D eigenvalue weighted by molar-refractivity contribution is 7.89. The minimum atomic E-state index is -3.62. The van der Waals surface area contributed by atoms with Crippen LogP contribution in [0.15, 0.2) is 23.1 Å². The standard InChI is InChI=1S/C12H14ClN3O2S2/c13-8-4-1-2-5-9(8)16-20(17,18)11-7-3-6-10-12(11)15-19-14-10/h3,6-9,16H,1-2,4-5H2. The fraction of sp³-hybridized carbons (Fsp3) is 0.500. The number of alkyl halides is 1. The van der Waals surface area contributed by atoms with E-state index in [1.54, 1.807) is 18.2 Å². The fourth-order valence-electron chi connectivity index (χ4n) is 2.48. The molecule has 0 bridgehead atoms. The van der Waals surface area contributed by atoms with Gasteiger partial charge in [-0.05, 0) is 25.0 Å². The predicted molar refractivity (Wildman–Crippen MR) is 79.6 cm³/mol. The Hall–Kier alpha value is -0.760. The molecule has 8 heteroatoms. The summed E-state index contributed by atoms with van der Waals surface area (Å²) in [7, 11) is -3.62. The van der Waals surface area contributed by atoms with Crippen molar-refractivity contribution < 1.29 is 8.42 Å². The van der Waals surface area contributed by atoms with Crippen molar-refractivity contribution in [3.05, 3.63) is 18.2 Å². The molecule has 1 aromatic carbocycles. The van der Waals surface area contributed by atoms with Gasteiger partial charge in [-0.1, -0.05) is 18.9 Å². The van der Waals surface area contributed by atoms with Crippen LogP contribution in [0, 0.1) is 0 Å². The van der Waals surface area contributed by atoms with Gasteiger partial charge in [0.1, 0.15) is 15.9 Å². The van der Waals surface area contributed by atoms with Crippen molar-refractivity contribution >= 4 is 44.4 Å². The highest BCUT2D eigenvalue weighted by Gasteiger charge is 2.29. The molecule has 108 valence electrons. The lowest BCUT2D eigenvalue weighted by Gasteiger charge is -2.27. The number of fused-ring (bicyclic) bond motifs is 1. The maximum Gasteiger partial charge on any atom is 0.243 e. The number of hydrogen-bond acceptors (Lipinski definition) is 5. The monoisotopic (exact) mass is 331 g/mol. The van der Waals surface area contributed by atoms with E-state index in [9.17, 15) is 8.42 Å². The fourth-order valence-corrected chi connectivity index (χ4v) is 4.97. The molecule has 2 unspecified atom stereocenters. The molecule has 1 fully saturated rings. The van der Waals surface area contributed by atoms with Gasteiger partial charge in [0.2, 0.25) is 10.0 Å². The van der Waals surface area contributed by atoms with E-state index in [1.807, 2.05) is 0 Å². The number of nitrogens with one attached hydrogen (secondary N) is 1. The van der Waals surface area contributed by atoms with Gasteiger partial charge in [0, 0.05) is 11.4 Å². The first-order chi connectivity index (χ1) is 9.58. The number of sulfonamides is 1.